The number of nitrogens with one attached hydrogen (secondary N) is 1. The smallest absolute Gasteiger partial charge is 0.327 e. The van der Waals surface area contributed by atoms with Gasteiger partial charge < -0.3 is 10.1 Å². The average molecular weight is 295 g/mol. The highest BCUT2D eigenvalue weighted by Gasteiger charge is 2.50. The van der Waals surface area contributed by atoms with Gasteiger partial charge in [0.05, 0.1) is 0 Å². The quantitative estimate of drug-likeness (QED) is 0.564. The zero-order valence-corrected chi connectivity index (χ0v) is 12.6. The van der Waals surface area contributed by atoms with Crippen molar-refractivity contribution in [1.29, 1.82) is 5.26 Å². The maximum absolute atomic E-state index is 12.5. The van der Waals surface area contributed by atoms with Crippen LogP contribution in [0.1, 0.15) is 46.5 Å². The molecule has 1 fully saturated rings. The fourth-order valence-electron chi connectivity index (χ4n) is 2.53. The van der Waals surface area contributed by atoms with E-state index in [1.165, 1.54) is 6.92 Å². The molecular weight excluding hydrogens is 274 g/mol. The van der Waals surface area contributed by atoms with Crippen LogP contribution in [0.15, 0.2) is 0 Å². The van der Waals surface area contributed by atoms with Crippen molar-refractivity contribution in [3.05, 3.63) is 0 Å². The first-order chi connectivity index (χ1) is 9.90. The van der Waals surface area contributed by atoms with E-state index in [1.807, 2.05) is 13.8 Å². The van der Waals surface area contributed by atoms with Crippen LogP contribution in [0.5, 0.6) is 0 Å². The van der Waals surface area contributed by atoms with Crippen LogP contribution in [0, 0.1) is 11.3 Å². The van der Waals surface area contributed by atoms with Gasteiger partial charge in [-0.2, -0.15) is 5.26 Å². The third kappa shape index (κ3) is 3.72. The summed E-state index contributed by atoms with van der Waals surface area (Å²) >= 11 is 0. The van der Waals surface area contributed by atoms with E-state index in [0.717, 1.165) is 17.7 Å². The highest BCUT2D eigenvalue weighted by atomic mass is 16.5. The third-order valence-corrected chi connectivity index (χ3v) is 3.38. The number of hydrogen-bond donors (Lipinski definition) is 1. The van der Waals surface area contributed by atoms with Crippen LogP contribution < -0.4 is 5.32 Å². The molecule has 0 radical (unpaired) electrons. The van der Waals surface area contributed by atoms with Crippen molar-refractivity contribution in [3.63, 3.8) is 0 Å². The predicted molar refractivity (Wildman–Crippen MR) is 74.0 cm³/mol. The summed E-state index contributed by atoms with van der Waals surface area (Å²) in [7, 11) is 0. The van der Waals surface area contributed by atoms with Crippen LogP contribution >= 0.6 is 0 Å². The minimum absolute atomic E-state index is 0.391. The van der Waals surface area contributed by atoms with Crippen LogP contribution in [0.2, 0.25) is 0 Å². The van der Waals surface area contributed by atoms with Crippen LogP contribution in [-0.2, 0) is 14.3 Å². The zero-order valence-electron chi connectivity index (χ0n) is 12.6. The second-order valence-corrected chi connectivity index (χ2v) is 5.16. The molecule has 3 amide bonds. The van der Waals surface area contributed by atoms with Gasteiger partial charge in [0.25, 0.3) is 5.91 Å². The van der Waals surface area contributed by atoms with Crippen molar-refractivity contribution < 1.29 is 19.1 Å². The number of imide groups is 1. The monoisotopic (exact) mass is 295 g/mol. The highest BCUT2D eigenvalue weighted by molar-refractivity contribution is 6.08. The van der Waals surface area contributed by atoms with Gasteiger partial charge in [-0.1, -0.05) is 26.7 Å². The van der Waals surface area contributed by atoms with E-state index in [4.69, 9.17) is 10.00 Å². The lowest BCUT2D eigenvalue weighted by atomic mass is 9.88. The van der Waals surface area contributed by atoms with Gasteiger partial charge in [-0.3, -0.25) is 14.5 Å². The third-order valence-electron chi connectivity index (χ3n) is 3.38. The Labute approximate surface area is 124 Å². The summed E-state index contributed by atoms with van der Waals surface area (Å²) in [6.07, 6.45) is 1.65. The lowest BCUT2D eigenvalue weighted by Gasteiger charge is -2.25. The molecule has 0 aliphatic carbocycles. The molecule has 21 heavy (non-hydrogen) atoms. The molecule has 0 aromatic rings. The summed E-state index contributed by atoms with van der Waals surface area (Å²) < 4.78 is 4.77. The summed E-state index contributed by atoms with van der Waals surface area (Å²) in [5.74, 6) is -1.16. The topological polar surface area (TPSA) is 99.5 Å². The summed E-state index contributed by atoms with van der Waals surface area (Å²) in [6, 6.07) is 1.17. The lowest BCUT2D eigenvalue weighted by Crippen LogP contribution is -2.47. The van der Waals surface area contributed by atoms with Gasteiger partial charge in [0.1, 0.15) is 18.2 Å². The number of ether oxygens (including phenoxy) is 1. The Morgan fingerprint density at radius 1 is 1.38 bits per heavy atom. The van der Waals surface area contributed by atoms with E-state index in [0.29, 0.717) is 12.8 Å². The second kappa shape index (κ2) is 7.07. The van der Waals surface area contributed by atoms with E-state index in [1.54, 1.807) is 6.07 Å². The molecular formula is C14H21N3O4. The van der Waals surface area contributed by atoms with Gasteiger partial charge in [-0.15, -0.1) is 0 Å². The molecule has 1 rings (SSSR count). The van der Waals surface area contributed by atoms with E-state index < -0.39 is 36.1 Å². The molecule has 1 aliphatic rings. The van der Waals surface area contributed by atoms with E-state index in [9.17, 15) is 14.4 Å². The van der Waals surface area contributed by atoms with Gasteiger partial charge in [0.2, 0.25) is 0 Å². The molecule has 1 N–H and O–H groups in total. The number of rotatable bonds is 7. The predicted octanol–water partition coefficient (Wildman–Crippen LogP) is 1.33. The van der Waals surface area contributed by atoms with Crippen LogP contribution in [0.25, 0.3) is 0 Å². The van der Waals surface area contributed by atoms with Crippen molar-refractivity contribution in [2.75, 3.05) is 6.54 Å². The number of esters is 1. The SMILES string of the molecule is CCCC1(CCC)NC(=O)N(CC(=O)O[C@H](C)C#N)C1=O. The first-order valence-corrected chi connectivity index (χ1v) is 7.13. The lowest BCUT2D eigenvalue weighted by molar-refractivity contribution is -0.149. The molecule has 1 saturated heterocycles. The first-order valence-electron chi connectivity index (χ1n) is 7.13. The molecule has 0 spiro atoms. The number of carbonyl (C=O) groups is 3. The Hall–Kier alpha value is -2.10. The first kappa shape index (κ1) is 17.0. The molecule has 116 valence electrons. The van der Waals surface area contributed by atoms with Crippen molar-refractivity contribution in [1.82, 2.24) is 10.2 Å². The number of nitriles is 1. The van der Waals surface area contributed by atoms with Gasteiger partial charge >= 0.3 is 12.0 Å². The summed E-state index contributed by atoms with van der Waals surface area (Å²) in [6.45, 7) is 4.82. The van der Waals surface area contributed by atoms with Gasteiger partial charge in [0.15, 0.2) is 6.10 Å². The van der Waals surface area contributed by atoms with Gasteiger partial charge in [-0.25, -0.2) is 4.79 Å². The highest BCUT2D eigenvalue weighted by Crippen LogP contribution is 2.27. The van der Waals surface area contributed by atoms with Crippen LogP contribution in [-0.4, -0.2) is 41.0 Å². The molecule has 0 aromatic carbocycles. The van der Waals surface area contributed by atoms with Crippen molar-refractivity contribution in [2.24, 2.45) is 0 Å². The summed E-state index contributed by atoms with van der Waals surface area (Å²) in [5, 5.41) is 11.3. The fraction of sp³-hybridized carbons (Fsp3) is 0.714. The number of urea groups is 1. The maximum atomic E-state index is 12.5. The Balaban J connectivity index is 2.81. The average Bonchev–Trinajstić information content (AvgIpc) is 2.64. The molecule has 0 bridgehead atoms. The second-order valence-electron chi connectivity index (χ2n) is 5.16. The molecule has 7 heteroatoms. The zero-order chi connectivity index (χ0) is 16.0. The molecule has 0 saturated carbocycles. The Kier molecular flexibility index (Phi) is 5.70. The molecule has 1 atom stereocenters. The van der Waals surface area contributed by atoms with Gasteiger partial charge in [0, 0.05) is 0 Å². The molecule has 1 aliphatic heterocycles. The molecule has 1 heterocycles. The number of amides is 3. The van der Waals surface area contributed by atoms with E-state index in [2.05, 4.69) is 5.32 Å². The number of nitrogens with zero attached hydrogens (tertiary/aromatic N) is 2. The van der Waals surface area contributed by atoms with Crippen molar-refractivity contribution in [3.8, 4) is 6.07 Å². The Morgan fingerprint density at radius 2 is 1.95 bits per heavy atom. The Morgan fingerprint density at radius 3 is 2.43 bits per heavy atom. The molecule has 0 aromatic heterocycles. The number of hydrogen-bond acceptors (Lipinski definition) is 5. The van der Waals surface area contributed by atoms with Crippen molar-refractivity contribution >= 4 is 17.9 Å². The van der Waals surface area contributed by atoms with Gasteiger partial charge in [-0.05, 0) is 19.8 Å². The molecule has 7 nitrogen and oxygen atoms in total. The minimum Gasteiger partial charge on any atom is -0.446 e. The van der Waals surface area contributed by atoms with Crippen LogP contribution in [0.3, 0.4) is 0 Å². The van der Waals surface area contributed by atoms with Crippen LogP contribution in [0.4, 0.5) is 4.79 Å². The Bertz CT molecular complexity index is 463. The minimum atomic E-state index is -0.915. The largest absolute Gasteiger partial charge is 0.446 e. The fourth-order valence-corrected chi connectivity index (χ4v) is 2.53. The number of carbonyl (C=O) groups excluding carboxylic acids is 3. The van der Waals surface area contributed by atoms with Crippen molar-refractivity contribution in [2.45, 2.75) is 58.1 Å². The standard InChI is InChI=1S/C14H21N3O4/c1-4-6-14(7-5-2)12(19)17(13(20)16-14)9-11(18)21-10(3)8-15/h10H,4-7,9H2,1-3H3,(H,16,20)/t10-/m1/s1. The summed E-state index contributed by atoms with van der Waals surface area (Å²) in [4.78, 5) is 37.0. The molecule has 0 unspecified atom stereocenters. The van der Waals surface area contributed by atoms with E-state index in [-0.39, 0.29) is 0 Å². The van der Waals surface area contributed by atoms with E-state index >= 15 is 0 Å². The normalized spacial score (nSPS) is 18.1. The summed E-state index contributed by atoms with van der Waals surface area (Å²) in [5.41, 5.74) is -0.915. The maximum Gasteiger partial charge on any atom is 0.327 e.